The summed E-state index contributed by atoms with van der Waals surface area (Å²) in [5.41, 5.74) is 3.11. The molecule has 0 amide bonds. The monoisotopic (exact) mass is 418 g/mol. The summed E-state index contributed by atoms with van der Waals surface area (Å²) in [6, 6.07) is 6.56. The number of benzene rings is 1. The molecule has 2 heterocycles. The van der Waals surface area contributed by atoms with Crippen molar-refractivity contribution >= 4 is 15.8 Å². The van der Waals surface area contributed by atoms with Crippen LogP contribution >= 0.6 is 0 Å². The Morgan fingerprint density at radius 2 is 1.72 bits per heavy atom. The minimum Gasteiger partial charge on any atom is -0.354 e. The molecule has 0 radical (unpaired) electrons. The molecule has 8 heteroatoms. The van der Waals surface area contributed by atoms with Crippen molar-refractivity contribution in [3.63, 3.8) is 0 Å². The molecule has 0 atom stereocenters. The van der Waals surface area contributed by atoms with Gasteiger partial charge in [-0.25, -0.2) is 22.8 Å². The fraction of sp³-hybridized carbons (Fsp3) is 0.524. The molecular weight excluding hydrogens is 391 g/mol. The summed E-state index contributed by atoms with van der Waals surface area (Å²) < 4.78 is 38.6. The molecule has 1 saturated carbocycles. The van der Waals surface area contributed by atoms with Crippen molar-refractivity contribution in [3.8, 4) is 0 Å². The van der Waals surface area contributed by atoms with E-state index in [1.54, 1.807) is 12.1 Å². The van der Waals surface area contributed by atoms with E-state index >= 15 is 0 Å². The Hall–Kier alpha value is -2.06. The third-order valence-corrected chi connectivity index (χ3v) is 6.97. The molecule has 29 heavy (non-hydrogen) atoms. The minimum atomic E-state index is -3.18. The Bertz CT molecular complexity index is 982. The largest absolute Gasteiger partial charge is 0.354 e. The van der Waals surface area contributed by atoms with Gasteiger partial charge in [-0.2, -0.15) is 4.31 Å². The van der Waals surface area contributed by atoms with E-state index in [0.717, 1.165) is 47.7 Å². The van der Waals surface area contributed by atoms with Gasteiger partial charge in [-0.1, -0.05) is 19.1 Å². The van der Waals surface area contributed by atoms with Crippen molar-refractivity contribution in [1.82, 2.24) is 14.3 Å². The van der Waals surface area contributed by atoms with Gasteiger partial charge >= 0.3 is 0 Å². The SMILES string of the molecule is CCc1nc(C2CC2)nc(N2CCN(S(C)(=O)=O)CC2)c1Cc1ccc(F)cc1. The van der Waals surface area contributed by atoms with Crippen LogP contribution in [0, 0.1) is 5.82 Å². The van der Waals surface area contributed by atoms with Gasteiger partial charge in [0, 0.05) is 49.8 Å². The molecule has 1 saturated heterocycles. The van der Waals surface area contributed by atoms with Crippen molar-refractivity contribution in [3.05, 3.63) is 52.7 Å². The van der Waals surface area contributed by atoms with Crippen molar-refractivity contribution in [2.24, 2.45) is 0 Å². The number of nitrogens with zero attached hydrogens (tertiary/aromatic N) is 4. The smallest absolute Gasteiger partial charge is 0.211 e. The molecule has 1 aliphatic carbocycles. The molecule has 156 valence electrons. The van der Waals surface area contributed by atoms with E-state index in [1.807, 2.05) is 0 Å². The van der Waals surface area contributed by atoms with Crippen LogP contribution in [-0.4, -0.2) is 55.1 Å². The average Bonchev–Trinajstić information content (AvgIpc) is 3.54. The van der Waals surface area contributed by atoms with Gasteiger partial charge in [-0.15, -0.1) is 0 Å². The van der Waals surface area contributed by atoms with Crippen LogP contribution < -0.4 is 4.90 Å². The van der Waals surface area contributed by atoms with Crippen molar-refractivity contribution in [2.75, 3.05) is 37.3 Å². The number of hydrogen-bond donors (Lipinski definition) is 0. The van der Waals surface area contributed by atoms with Crippen molar-refractivity contribution in [2.45, 2.75) is 38.5 Å². The second-order valence-corrected chi connectivity index (χ2v) is 9.89. The Morgan fingerprint density at radius 1 is 1.07 bits per heavy atom. The first-order valence-electron chi connectivity index (χ1n) is 10.2. The first kappa shape index (κ1) is 20.2. The van der Waals surface area contributed by atoms with Crippen LogP contribution in [0.1, 0.15) is 48.3 Å². The number of anilines is 1. The lowest BCUT2D eigenvalue weighted by Crippen LogP contribution is -2.49. The quantitative estimate of drug-likeness (QED) is 0.722. The fourth-order valence-corrected chi connectivity index (χ4v) is 4.66. The molecule has 4 rings (SSSR count). The Kier molecular flexibility index (Phi) is 5.57. The second-order valence-electron chi connectivity index (χ2n) is 7.91. The predicted molar refractivity (Wildman–Crippen MR) is 111 cm³/mol. The van der Waals surface area contributed by atoms with Gasteiger partial charge in [0.15, 0.2) is 0 Å². The van der Waals surface area contributed by atoms with E-state index < -0.39 is 10.0 Å². The van der Waals surface area contributed by atoms with Crippen LogP contribution in [0.5, 0.6) is 0 Å². The summed E-state index contributed by atoms with van der Waals surface area (Å²) in [4.78, 5) is 12.0. The van der Waals surface area contributed by atoms with E-state index in [9.17, 15) is 12.8 Å². The van der Waals surface area contributed by atoms with Gasteiger partial charge in [0.05, 0.1) is 6.26 Å². The summed E-state index contributed by atoms with van der Waals surface area (Å²) in [5, 5.41) is 0. The van der Waals surface area contributed by atoms with Crippen molar-refractivity contribution < 1.29 is 12.8 Å². The standard InChI is InChI=1S/C21H27FN4O2S/c1-3-19-18(14-15-4-8-17(22)9-5-15)21(24-20(23-19)16-6-7-16)25-10-12-26(13-11-25)29(2,27)28/h4-5,8-9,16H,3,6-7,10-14H2,1-2H3. The molecule has 0 bridgehead atoms. The molecule has 0 unspecified atom stereocenters. The van der Waals surface area contributed by atoms with Gasteiger partial charge in [0.1, 0.15) is 17.5 Å². The van der Waals surface area contributed by atoms with E-state index in [0.29, 0.717) is 38.5 Å². The fourth-order valence-electron chi connectivity index (χ4n) is 3.83. The van der Waals surface area contributed by atoms with Crippen LogP contribution in [0.3, 0.4) is 0 Å². The number of sulfonamides is 1. The summed E-state index contributed by atoms with van der Waals surface area (Å²) in [6.07, 6.45) is 4.95. The average molecular weight is 419 g/mol. The number of aryl methyl sites for hydroxylation is 1. The summed E-state index contributed by atoms with van der Waals surface area (Å²) in [5.74, 6) is 2.01. The van der Waals surface area contributed by atoms with Gasteiger partial charge in [-0.3, -0.25) is 0 Å². The molecule has 6 nitrogen and oxygen atoms in total. The van der Waals surface area contributed by atoms with Gasteiger partial charge in [-0.05, 0) is 37.0 Å². The van der Waals surface area contributed by atoms with E-state index in [1.165, 1.54) is 22.7 Å². The predicted octanol–water partition coefficient (Wildman–Crippen LogP) is 2.73. The van der Waals surface area contributed by atoms with E-state index in [2.05, 4.69) is 11.8 Å². The molecule has 2 aliphatic rings. The molecule has 0 N–H and O–H groups in total. The molecule has 2 fully saturated rings. The highest BCUT2D eigenvalue weighted by molar-refractivity contribution is 7.88. The number of aromatic nitrogens is 2. The van der Waals surface area contributed by atoms with Crippen LogP contribution in [0.15, 0.2) is 24.3 Å². The van der Waals surface area contributed by atoms with Gasteiger partial charge in [0.2, 0.25) is 10.0 Å². The zero-order chi connectivity index (χ0) is 20.6. The Morgan fingerprint density at radius 3 is 2.28 bits per heavy atom. The second kappa shape index (κ2) is 7.99. The van der Waals surface area contributed by atoms with Crippen molar-refractivity contribution in [1.29, 1.82) is 0 Å². The topological polar surface area (TPSA) is 66.4 Å². The molecule has 1 aliphatic heterocycles. The number of piperazine rings is 1. The molecular formula is C21H27FN4O2S. The van der Waals surface area contributed by atoms with Gasteiger partial charge < -0.3 is 4.90 Å². The highest BCUT2D eigenvalue weighted by Gasteiger charge is 2.31. The third-order valence-electron chi connectivity index (χ3n) is 5.67. The highest BCUT2D eigenvalue weighted by atomic mass is 32.2. The van der Waals surface area contributed by atoms with Crippen LogP contribution in [-0.2, 0) is 22.9 Å². The number of halogens is 1. The molecule has 1 aromatic carbocycles. The maximum Gasteiger partial charge on any atom is 0.211 e. The normalized spacial score (nSPS) is 18.2. The Labute approximate surface area is 171 Å². The molecule has 0 spiro atoms. The van der Waals surface area contributed by atoms with Crippen LogP contribution in [0.25, 0.3) is 0 Å². The van der Waals surface area contributed by atoms with Crippen LogP contribution in [0.4, 0.5) is 10.2 Å². The summed E-state index contributed by atoms with van der Waals surface area (Å²) in [7, 11) is -3.18. The lowest BCUT2D eigenvalue weighted by Gasteiger charge is -2.35. The Balaban J connectivity index is 1.68. The van der Waals surface area contributed by atoms with Crippen LogP contribution in [0.2, 0.25) is 0 Å². The van der Waals surface area contributed by atoms with E-state index in [4.69, 9.17) is 9.97 Å². The van der Waals surface area contributed by atoms with E-state index in [-0.39, 0.29) is 5.82 Å². The summed E-state index contributed by atoms with van der Waals surface area (Å²) in [6.45, 7) is 4.22. The zero-order valence-electron chi connectivity index (χ0n) is 16.9. The highest BCUT2D eigenvalue weighted by Crippen LogP contribution is 2.40. The maximum absolute atomic E-state index is 13.3. The first-order chi connectivity index (χ1) is 13.8. The number of hydrogen-bond acceptors (Lipinski definition) is 5. The minimum absolute atomic E-state index is 0.248. The number of rotatable bonds is 6. The zero-order valence-corrected chi connectivity index (χ0v) is 17.8. The summed E-state index contributed by atoms with van der Waals surface area (Å²) >= 11 is 0. The third kappa shape index (κ3) is 4.59. The lowest BCUT2D eigenvalue weighted by molar-refractivity contribution is 0.386. The first-order valence-corrected chi connectivity index (χ1v) is 12.0. The molecule has 1 aromatic heterocycles. The molecule has 2 aromatic rings. The maximum atomic E-state index is 13.3. The lowest BCUT2D eigenvalue weighted by atomic mass is 10.0. The van der Waals surface area contributed by atoms with Gasteiger partial charge in [0.25, 0.3) is 0 Å².